The fraction of sp³-hybridized carbons (Fsp3) is 0.190. The van der Waals surface area contributed by atoms with Crippen LogP contribution in [0.4, 0.5) is 0 Å². The van der Waals surface area contributed by atoms with E-state index in [2.05, 4.69) is 148 Å². The van der Waals surface area contributed by atoms with E-state index in [1.807, 2.05) is 30.5 Å². The average molecular weight is 809 g/mol. The van der Waals surface area contributed by atoms with Crippen LogP contribution in [0.25, 0.3) is 55.6 Å². The first-order valence-corrected chi connectivity index (χ1v) is 19.4. The molecule has 3 aromatic heterocycles. The second kappa shape index (κ2) is 14.3. The Morgan fingerprint density at radius 2 is 1.43 bits per heavy atom. The monoisotopic (exact) mass is 809 g/mol. The Kier molecular flexibility index (Phi) is 10.4. The summed E-state index contributed by atoms with van der Waals surface area (Å²) in [6.45, 7) is 15.8. The molecule has 0 aliphatic heterocycles. The number of benzene rings is 4. The van der Waals surface area contributed by atoms with Gasteiger partial charge in [-0.25, -0.2) is 0 Å². The number of rotatable bonds is 5. The van der Waals surface area contributed by atoms with Crippen molar-refractivity contribution >= 4 is 35.2 Å². The number of aryl methyl sites for hydroxylation is 2. The molecule has 0 saturated heterocycles. The summed E-state index contributed by atoms with van der Waals surface area (Å²) in [5.74, 6) is 0.449. The van der Waals surface area contributed by atoms with Gasteiger partial charge in [0, 0.05) is 37.9 Å². The van der Waals surface area contributed by atoms with Gasteiger partial charge >= 0.3 is 0 Å². The van der Waals surface area contributed by atoms with Crippen LogP contribution in [-0.2, 0) is 20.1 Å². The van der Waals surface area contributed by atoms with E-state index in [0.717, 1.165) is 50.0 Å². The molecule has 0 N–H and O–H groups in total. The van der Waals surface area contributed by atoms with E-state index in [1.54, 1.807) is 0 Å². The molecule has 0 aliphatic carbocycles. The number of aromatic nitrogens is 2. The van der Waals surface area contributed by atoms with E-state index in [4.69, 9.17) is 4.42 Å². The Balaban J connectivity index is 0.000000199. The van der Waals surface area contributed by atoms with Gasteiger partial charge in [0.1, 0.15) is 5.58 Å². The van der Waals surface area contributed by atoms with Crippen molar-refractivity contribution in [2.45, 2.75) is 53.3 Å². The van der Waals surface area contributed by atoms with Crippen molar-refractivity contribution in [3.8, 4) is 33.6 Å². The quantitative estimate of drug-likeness (QED) is 0.128. The van der Waals surface area contributed by atoms with E-state index in [-0.39, 0.29) is 20.1 Å². The summed E-state index contributed by atoms with van der Waals surface area (Å²) >= 11 is 0. The summed E-state index contributed by atoms with van der Waals surface area (Å²) in [4.78, 5) is 9.23. The smallest absolute Gasteiger partial charge is 0.121 e. The summed E-state index contributed by atoms with van der Waals surface area (Å²) in [5.41, 5.74) is 11.9. The molecule has 0 fully saturated rings. The van der Waals surface area contributed by atoms with E-state index in [9.17, 15) is 0 Å². The minimum atomic E-state index is -1.29. The predicted octanol–water partition coefficient (Wildman–Crippen LogP) is 10.9. The Morgan fingerprint density at radius 1 is 0.681 bits per heavy atom. The molecule has 7 rings (SSSR count). The molecular weight excluding hydrogens is 769 g/mol. The number of furan rings is 1. The van der Waals surface area contributed by atoms with Crippen molar-refractivity contribution in [1.29, 1.82) is 0 Å². The molecule has 0 amide bonds. The normalized spacial score (nSPS) is 11.3. The summed E-state index contributed by atoms with van der Waals surface area (Å²) in [6, 6.07) is 39.9. The molecule has 0 atom stereocenters. The molecule has 7 aromatic rings. The van der Waals surface area contributed by atoms with Crippen LogP contribution < -0.4 is 5.19 Å². The predicted molar refractivity (Wildman–Crippen MR) is 196 cm³/mol. The third kappa shape index (κ3) is 7.39. The molecule has 239 valence electrons. The van der Waals surface area contributed by atoms with Gasteiger partial charge in [0.2, 0.25) is 0 Å². The van der Waals surface area contributed by atoms with Crippen LogP contribution in [0.2, 0.25) is 19.6 Å². The molecule has 0 saturated carbocycles. The largest absolute Gasteiger partial charge is 0.501 e. The Bertz CT molecular complexity index is 2140. The zero-order valence-electron chi connectivity index (χ0n) is 28.1. The molecule has 3 heterocycles. The van der Waals surface area contributed by atoms with Crippen molar-refractivity contribution in [3.63, 3.8) is 0 Å². The van der Waals surface area contributed by atoms with Gasteiger partial charge in [0.05, 0.1) is 13.7 Å². The Morgan fingerprint density at radius 3 is 2.13 bits per heavy atom. The van der Waals surface area contributed by atoms with Gasteiger partial charge in [-0.1, -0.05) is 117 Å². The third-order valence-corrected chi connectivity index (χ3v) is 10.6. The van der Waals surface area contributed by atoms with E-state index < -0.39 is 8.07 Å². The zero-order chi connectivity index (χ0) is 32.4. The van der Waals surface area contributed by atoms with E-state index in [0.29, 0.717) is 5.92 Å². The van der Waals surface area contributed by atoms with Crippen LogP contribution in [0.1, 0.15) is 36.5 Å². The number of pyridine rings is 2. The molecule has 3 nitrogen and oxygen atoms in total. The number of nitrogens with zero attached hydrogens (tertiary/aromatic N) is 2. The first kappa shape index (κ1) is 34.2. The molecule has 47 heavy (non-hydrogen) atoms. The van der Waals surface area contributed by atoms with Crippen LogP contribution in [0.3, 0.4) is 0 Å². The number of fused-ring (bicyclic) bond motifs is 3. The van der Waals surface area contributed by atoms with Crippen LogP contribution in [0.5, 0.6) is 0 Å². The third-order valence-electron chi connectivity index (χ3n) is 8.49. The SMILES string of the molecule is CC(C)c1ccnc(-c2[c-]ccc3c2oc2cc(-c4ccccc4)ccc23)c1.Cc1ccc[c-]c1-c1cc(C)c([Si](C)(C)C)cn1.[Ir]. The van der Waals surface area contributed by atoms with Crippen molar-refractivity contribution in [1.82, 2.24) is 9.97 Å². The van der Waals surface area contributed by atoms with E-state index >= 15 is 0 Å². The Hall–Kier alpha value is -4.15. The minimum Gasteiger partial charge on any atom is -0.501 e. The molecule has 0 unspecified atom stereocenters. The van der Waals surface area contributed by atoms with Crippen molar-refractivity contribution in [2.24, 2.45) is 0 Å². The Labute approximate surface area is 293 Å². The maximum atomic E-state index is 6.33. The standard InChI is InChI=1S/C26H20NO.C16H20NSi.Ir/c1-17(2)19-13-14-27-24(15-19)23-10-6-9-22-21-12-11-20(16-25(21)28-26(22)23)18-7-4-3-5-8-18;1-12-8-6-7-9-14(12)15-10-13(2)16(11-17-15)18(3,4)5;/h3-9,11-17H,1-2H3;6-8,10-11H,1-5H3;/q2*-1;. The van der Waals surface area contributed by atoms with Crippen molar-refractivity contribution in [2.75, 3.05) is 0 Å². The maximum absolute atomic E-state index is 6.33. The fourth-order valence-electron chi connectivity index (χ4n) is 5.96. The number of hydrogen-bond acceptors (Lipinski definition) is 3. The molecule has 5 heteroatoms. The van der Waals surface area contributed by atoms with Gasteiger partial charge in [-0.05, 0) is 52.7 Å². The average Bonchev–Trinajstić information content (AvgIpc) is 3.43. The van der Waals surface area contributed by atoms with Crippen LogP contribution in [0, 0.1) is 26.0 Å². The summed E-state index contributed by atoms with van der Waals surface area (Å²) in [7, 11) is -1.29. The summed E-state index contributed by atoms with van der Waals surface area (Å²) in [5, 5.41) is 3.66. The van der Waals surface area contributed by atoms with Gasteiger partial charge in [0.25, 0.3) is 0 Å². The summed E-state index contributed by atoms with van der Waals surface area (Å²) in [6.07, 6.45) is 3.94. The van der Waals surface area contributed by atoms with E-state index in [1.165, 1.54) is 27.4 Å². The van der Waals surface area contributed by atoms with Crippen molar-refractivity contribution < 1.29 is 24.5 Å². The van der Waals surface area contributed by atoms with Crippen LogP contribution in [0.15, 0.2) is 114 Å². The first-order chi connectivity index (χ1) is 22.1. The molecule has 0 spiro atoms. The second-order valence-corrected chi connectivity index (χ2v) is 18.3. The fourth-order valence-corrected chi connectivity index (χ4v) is 7.67. The first-order valence-electron chi connectivity index (χ1n) is 15.9. The molecule has 0 bridgehead atoms. The second-order valence-electron chi connectivity index (χ2n) is 13.3. The molecule has 0 aliphatic rings. The van der Waals surface area contributed by atoms with Gasteiger partial charge < -0.3 is 14.4 Å². The van der Waals surface area contributed by atoms with Gasteiger partial charge in [-0.2, -0.15) is 0 Å². The minimum absolute atomic E-state index is 0. The van der Waals surface area contributed by atoms with Crippen LogP contribution >= 0.6 is 0 Å². The molecule has 1 radical (unpaired) electrons. The van der Waals surface area contributed by atoms with Gasteiger partial charge in [0.15, 0.2) is 0 Å². The zero-order valence-corrected chi connectivity index (χ0v) is 31.5. The summed E-state index contributed by atoms with van der Waals surface area (Å²) < 4.78 is 6.33. The van der Waals surface area contributed by atoms with Gasteiger partial charge in [-0.15, -0.1) is 53.6 Å². The maximum Gasteiger partial charge on any atom is 0.121 e. The number of hydrogen-bond donors (Lipinski definition) is 0. The van der Waals surface area contributed by atoms with Crippen LogP contribution in [-0.4, -0.2) is 18.0 Å². The topological polar surface area (TPSA) is 38.9 Å². The van der Waals surface area contributed by atoms with Gasteiger partial charge in [-0.3, -0.25) is 0 Å². The molecular formula is C42H40IrN2OSi-2. The molecule has 4 aromatic carbocycles. The van der Waals surface area contributed by atoms with Crippen molar-refractivity contribution in [3.05, 3.63) is 138 Å².